The lowest BCUT2D eigenvalue weighted by molar-refractivity contribution is -0.138. The second-order valence-corrected chi connectivity index (χ2v) is 9.08. The molecule has 1 aromatic rings. The quantitative estimate of drug-likeness (QED) is 0.681. The predicted molar refractivity (Wildman–Crippen MR) is 91.3 cm³/mol. The number of nitrogens with zero attached hydrogens (tertiary/aromatic N) is 1. The van der Waals surface area contributed by atoms with Gasteiger partial charge in [0, 0.05) is 7.05 Å². The van der Waals surface area contributed by atoms with Gasteiger partial charge < -0.3 is 4.90 Å². The zero-order chi connectivity index (χ0) is 16.4. The van der Waals surface area contributed by atoms with E-state index in [0.717, 1.165) is 12.8 Å². The monoisotopic (exact) mass is 299 g/mol. The number of carbonyl (C=O) groups is 1. The number of hydrogen-bond donors (Lipinski definition) is 0. The lowest BCUT2D eigenvalue weighted by Crippen LogP contribution is -2.46. The van der Waals surface area contributed by atoms with Crippen molar-refractivity contribution in [1.29, 1.82) is 0 Å². The van der Waals surface area contributed by atoms with Crippen LogP contribution in [-0.4, -0.2) is 17.9 Å². The molecular formula is C20H29NO. The molecule has 0 radical (unpaired) electrons. The maximum atomic E-state index is 12.7. The van der Waals surface area contributed by atoms with Gasteiger partial charge in [-0.25, -0.2) is 0 Å². The Bertz CT molecular complexity index is 630. The molecule has 4 rings (SSSR count). The molecule has 0 N–H and O–H groups in total. The molecule has 2 heterocycles. The first kappa shape index (κ1) is 15.6. The molecule has 120 valence electrons. The highest BCUT2D eigenvalue weighted by molar-refractivity contribution is 5.88. The third-order valence-electron chi connectivity index (χ3n) is 5.43. The average Bonchev–Trinajstić information content (AvgIpc) is 2.40. The third kappa shape index (κ3) is 2.11. The summed E-state index contributed by atoms with van der Waals surface area (Å²) in [6, 6.07) is 4.87. The first-order chi connectivity index (χ1) is 10.0. The van der Waals surface area contributed by atoms with E-state index >= 15 is 0 Å². The molecule has 2 atom stereocenters. The van der Waals surface area contributed by atoms with Gasteiger partial charge in [0.2, 0.25) is 5.91 Å². The van der Waals surface area contributed by atoms with Crippen molar-refractivity contribution in [3.05, 3.63) is 34.4 Å². The molecule has 2 heteroatoms. The molecule has 1 fully saturated rings. The minimum Gasteiger partial charge on any atom is -0.338 e. The Hall–Kier alpha value is -1.31. The van der Waals surface area contributed by atoms with Gasteiger partial charge in [0.25, 0.3) is 0 Å². The van der Waals surface area contributed by atoms with Crippen molar-refractivity contribution in [1.82, 2.24) is 4.90 Å². The van der Waals surface area contributed by atoms with E-state index in [2.05, 4.69) is 53.7 Å². The van der Waals surface area contributed by atoms with Gasteiger partial charge in [0.15, 0.2) is 0 Å². The number of piperidine rings is 1. The number of likely N-dealkylation sites (N-methyl/N-ethyl adjacent to an activating group) is 1. The standard InChI is InChI=1S/C20H29NO/c1-19(2,3)13-9-10-14(20(4,5)6)17-15-11-8-12(16(13)17)18(22)21(15)7/h9-10,12,15H,8,11H2,1-7H3. The van der Waals surface area contributed by atoms with Gasteiger partial charge >= 0.3 is 0 Å². The Labute approximate surface area is 134 Å². The third-order valence-corrected chi connectivity index (χ3v) is 5.43. The van der Waals surface area contributed by atoms with Crippen molar-refractivity contribution >= 4 is 5.91 Å². The summed E-state index contributed by atoms with van der Waals surface area (Å²) in [5.41, 5.74) is 5.80. The number of rotatable bonds is 0. The van der Waals surface area contributed by atoms with Crippen LogP contribution in [0.5, 0.6) is 0 Å². The van der Waals surface area contributed by atoms with Crippen LogP contribution in [0.2, 0.25) is 0 Å². The van der Waals surface area contributed by atoms with E-state index in [9.17, 15) is 4.79 Å². The molecule has 22 heavy (non-hydrogen) atoms. The van der Waals surface area contributed by atoms with Crippen LogP contribution in [0.25, 0.3) is 0 Å². The summed E-state index contributed by atoms with van der Waals surface area (Å²) in [5.74, 6) is 0.391. The molecule has 1 aromatic carbocycles. The van der Waals surface area contributed by atoms with Crippen molar-refractivity contribution in [2.75, 3.05) is 7.05 Å². The van der Waals surface area contributed by atoms with Crippen molar-refractivity contribution < 1.29 is 4.79 Å². The molecule has 3 aliphatic rings. The van der Waals surface area contributed by atoms with E-state index in [-0.39, 0.29) is 22.8 Å². The molecule has 0 spiro atoms. The maximum absolute atomic E-state index is 12.7. The highest BCUT2D eigenvalue weighted by Gasteiger charge is 2.46. The average molecular weight is 299 g/mol. The number of hydrogen-bond acceptors (Lipinski definition) is 1. The lowest BCUT2D eigenvalue weighted by Gasteiger charge is -2.48. The molecule has 0 saturated carbocycles. The zero-order valence-electron chi connectivity index (χ0n) is 15.1. The minimum absolute atomic E-state index is 0.0709. The number of carbonyl (C=O) groups excluding carboxylic acids is 1. The first-order valence-corrected chi connectivity index (χ1v) is 8.48. The van der Waals surface area contributed by atoms with Crippen LogP contribution in [0.15, 0.2) is 12.1 Å². The molecule has 2 unspecified atom stereocenters. The summed E-state index contributed by atoms with van der Waals surface area (Å²) in [7, 11) is 1.98. The summed E-state index contributed by atoms with van der Waals surface area (Å²) in [4.78, 5) is 14.7. The van der Waals surface area contributed by atoms with E-state index in [0.29, 0.717) is 5.91 Å². The van der Waals surface area contributed by atoms with E-state index in [1.807, 2.05) is 11.9 Å². The van der Waals surface area contributed by atoms with Crippen molar-refractivity contribution in [2.45, 2.75) is 77.2 Å². The highest BCUT2D eigenvalue weighted by Crippen LogP contribution is 2.52. The van der Waals surface area contributed by atoms with Crippen LogP contribution in [0.3, 0.4) is 0 Å². The van der Waals surface area contributed by atoms with Crippen LogP contribution in [-0.2, 0) is 15.6 Å². The van der Waals surface area contributed by atoms with Gasteiger partial charge in [-0.1, -0.05) is 53.7 Å². The van der Waals surface area contributed by atoms with Crippen LogP contribution >= 0.6 is 0 Å². The van der Waals surface area contributed by atoms with Crippen LogP contribution < -0.4 is 0 Å². The largest absolute Gasteiger partial charge is 0.338 e. The lowest BCUT2D eigenvalue weighted by atomic mass is 9.65. The van der Waals surface area contributed by atoms with Crippen molar-refractivity contribution in [3.8, 4) is 0 Å². The Morgan fingerprint density at radius 3 is 1.91 bits per heavy atom. The Balaban J connectivity index is 2.35. The second-order valence-electron chi connectivity index (χ2n) is 9.08. The number of fused-ring (bicyclic) bond motifs is 2. The Kier molecular flexibility index (Phi) is 3.25. The van der Waals surface area contributed by atoms with Gasteiger partial charge in [0.1, 0.15) is 0 Å². The van der Waals surface area contributed by atoms with Crippen LogP contribution in [0.4, 0.5) is 0 Å². The molecule has 2 nitrogen and oxygen atoms in total. The summed E-state index contributed by atoms with van der Waals surface area (Å²) in [6.07, 6.45) is 2.12. The molecule has 1 aliphatic carbocycles. The van der Waals surface area contributed by atoms with Crippen molar-refractivity contribution in [3.63, 3.8) is 0 Å². The zero-order valence-corrected chi connectivity index (χ0v) is 15.1. The fourth-order valence-electron chi connectivity index (χ4n) is 4.33. The summed E-state index contributed by atoms with van der Waals surface area (Å²) < 4.78 is 0. The van der Waals surface area contributed by atoms with Gasteiger partial charge in [-0.15, -0.1) is 0 Å². The summed E-state index contributed by atoms with van der Waals surface area (Å²) in [6.45, 7) is 13.6. The molecule has 1 amide bonds. The Morgan fingerprint density at radius 2 is 1.41 bits per heavy atom. The van der Waals surface area contributed by atoms with E-state index in [1.165, 1.54) is 22.3 Å². The van der Waals surface area contributed by atoms with E-state index in [1.54, 1.807) is 0 Å². The van der Waals surface area contributed by atoms with Gasteiger partial charge in [-0.3, -0.25) is 4.79 Å². The molecule has 2 aliphatic heterocycles. The summed E-state index contributed by atoms with van der Waals surface area (Å²) >= 11 is 0. The second kappa shape index (κ2) is 4.59. The molecule has 0 aromatic heterocycles. The van der Waals surface area contributed by atoms with Gasteiger partial charge in [-0.2, -0.15) is 0 Å². The SMILES string of the molecule is CN1C(=O)C2CCC1c1c(C(C)(C)C)ccc(C(C)(C)C)c12. The summed E-state index contributed by atoms with van der Waals surface area (Å²) in [5, 5.41) is 0. The van der Waals surface area contributed by atoms with Crippen molar-refractivity contribution in [2.24, 2.45) is 0 Å². The number of amides is 1. The van der Waals surface area contributed by atoms with Crippen LogP contribution in [0, 0.1) is 0 Å². The number of benzene rings is 1. The van der Waals surface area contributed by atoms with Crippen LogP contribution in [0.1, 0.15) is 88.6 Å². The smallest absolute Gasteiger partial charge is 0.230 e. The highest BCUT2D eigenvalue weighted by atomic mass is 16.2. The first-order valence-electron chi connectivity index (χ1n) is 8.48. The normalized spacial score (nSPS) is 24.7. The fraction of sp³-hybridized carbons (Fsp3) is 0.650. The minimum atomic E-state index is 0.0709. The van der Waals surface area contributed by atoms with E-state index in [4.69, 9.17) is 0 Å². The van der Waals surface area contributed by atoms with E-state index < -0.39 is 0 Å². The van der Waals surface area contributed by atoms with Gasteiger partial charge in [-0.05, 0) is 45.9 Å². The molecule has 1 saturated heterocycles. The Morgan fingerprint density at radius 1 is 0.909 bits per heavy atom. The maximum Gasteiger partial charge on any atom is 0.230 e. The fourth-order valence-corrected chi connectivity index (χ4v) is 4.33. The predicted octanol–water partition coefficient (Wildman–Crippen LogP) is 4.67. The molecule has 2 bridgehead atoms. The topological polar surface area (TPSA) is 20.3 Å². The van der Waals surface area contributed by atoms with Gasteiger partial charge in [0.05, 0.1) is 12.0 Å². The molecular weight excluding hydrogens is 270 g/mol.